The number of aromatic nitrogens is 3. The first-order valence-electron chi connectivity index (χ1n) is 6.11. The Morgan fingerprint density at radius 2 is 2.26 bits per heavy atom. The molecule has 2 aromatic heterocycles. The summed E-state index contributed by atoms with van der Waals surface area (Å²) in [7, 11) is 0. The maximum Gasteiger partial charge on any atom is 0.251 e. The molecule has 5 heteroatoms. The van der Waals surface area contributed by atoms with Crippen LogP contribution in [0.5, 0.6) is 0 Å². The van der Waals surface area contributed by atoms with Crippen LogP contribution >= 0.6 is 0 Å². The number of nitrogens with zero attached hydrogens (tertiary/aromatic N) is 1. The van der Waals surface area contributed by atoms with Crippen molar-refractivity contribution in [1.29, 1.82) is 0 Å². The Kier molecular flexibility index (Phi) is 2.79. The predicted molar refractivity (Wildman–Crippen MR) is 72.8 cm³/mol. The summed E-state index contributed by atoms with van der Waals surface area (Å²) in [6.07, 6.45) is 5.35. The average molecular weight is 254 g/mol. The molecule has 0 aliphatic carbocycles. The van der Waals surface area contributed by atoms with Crippen LogP contribution in [0.15, 0.2) is 42.9 Å². The molecule has 3 aromatic rings. The number of carbonyl (C=O) groups is 1. The molecule has 3 rings (SSSR count). The molecular weight excluding hydrogens is 240 g/mol. The molecule has 1 unspecified atom stereocenters. The van der Waals surface area contributed by atoms with Crippen LogP contribution in [0.1, 0.15) is 28.9 Å². The fourth-order valence-corrected chi connectivity index (χ4v) is 2.06. The highest BCUT2D eigenvalue weighted by Gasteiger charge is 2.12. The van der Waals surface area contributed by atoms with Crippen molar-refractivity contribution in [3.63, 3.8) is 0 Å². The molecule has 1 atom stereocenters. The summed E-state index contributed by atoms with van der Waals surface area (Å²) in [5, 5.41) is 10.6. The number of hydrogen-bond donors (Lipinski definition) is 3. The van der Waals surface area contributed by atoms with Crippen LogP contribution in [0, 0.1) is 0 Å². The Morgan fingerprint density at radius 1 is 1.37 bits per heavy atom. The third-order valence-electron chi connectivity index (χ3n) is 3.18. The lowest BCUT2D eigenvalue weighted by Crippen LogP contribution is -2.26. The summed E-state index contributed by atoms with van der Waals surface area (Å²) in [6.45, 7) is 1.93. The predicted octanol–water partition coefficient (Wildman–Crippen LogP) is 2.38. The fraction of sp³-hybridized carbons (Fsp3) is 0.143. The lowest BCUT2D eigenvalue weighted by molar-refractivity contribution is 0.0940. The molecule has 2 heterocycles. The van der Waals surface area contributed by atoms with Crippen LogP contribution in [-0.2, 0) is 0 Å². The van der Waals surface area contributed by atoms with E-state index in [1.807, 2.05) is 37.4 Å². The van der Waals surface area contributed by atoms with Crippen LogP contribution in [0.2, 0.25) is 0 Å². The van der Waals surface area contributed by atoms with Gasteiger partial charge in [-0.25, -0.2) is 0 Å². The summed E-state index contributed by atoms with van der Waals surface area (Å²) < 4.78 is 0. The first-order valence-corrected chi connectivity index (χ1v) is 6.11. The van der Waals surface area contributed by atoms with Crippen molar-refractivity contribution in [2.45, 2.75) is 13.0 Å². The van der Waals surface area contributed by atoms with Crippen molar-refractivity contribution in [2.24, 2.45) is 0 Å². The zero-order valence-electron chi connectivity index (χ0n) is 10.5. The van der Waals surface area contributed by atoms with Crippen molar-refractivity contribution in [3.8, 4) is 0 Å². The highest BCUT2D eigenvalue weighted by atomic mass is 16.1. The summed E-state index contributed by atoms with van der Waals surface area (Å²) in [5.74, 6) is -0.0863. The minimum atomic E-state index is -0.0863. The number of benzene rings is 1. The molecule has 5 nitrogen and oxygen atoms in total. The van der Waals surface area contributed by atoms with Gasteiger partial charge < -0.3 is 10.3 Å². The van der Waals surface area contributed by atoms with Gasteiger partial charge in [-0.15, -0.1) is 0 Å². The molecule has 0 fully saturated rings. The Morgan fingerprint density at radius 3 is 3.05 bits per heavy atom. The van der Waals surface area contributed by atoms with Gasteiger partial charge in [-0.2, -0.15) is 5.10 Å². The third kappa shape index (κ3) is 2.22. The van der Waals surface area contributed by atoms with E-state index >= 15 is 0 Å². The van der Waals surface area contributed by atoms with Crippen molar-refractivity contribution in [3.05, 3.63) is 54.0 Å². The van der Waals surface area contributed by atoms with E-state index in [-0.39, 0.29) is 11.9 Å². The summed E-state index contributed by atoms with van der Waals surface area (Å²) in [6, 6.07) is 7.48. The Labute approximate surface area is 110 Å². The van der Waals surface area contributed by atoms with Crippen molar-refractivity contribution in [2.75, 3.05) is 0 Å². The van der Waals surface area contributed by atoms with Crippen LogP contribution < -0.4 is 5.32 Å². The van der Waals surface area contributed by atoms with Gasteiger partial charge in [0.15, 0.2) is 0 Å². The molecule has 0 aliphatic rings. The lowest BCUT2D eigenvalue weighted by Gasteiger charge is -2.12. The normalized spacial score (nSPS) is 12.5. The highest BCUT2D eigenvalue weighted by Crippen LogP contribution is 2.16. The summed E-state index contributed by atoms with van der Waals surface area (Å²) in [4.78, 5) is 15.3. The molecule has 19 heavy (non-hydrogen) atoms. The zero-order chi connectivity index (χ0) is 13.2. The molecule has 3 N–H and O–H groups in total. The number of carbonyl (C=O) groups excluding carboxylic acids is 1. The van der Waals surface area contributed by atoms with Gasteiger partial charge in [-0.1, -0.05) is 0 Å². The fourth-order valence-electron chi connectivity index (χ4n) is 2.06. The Bertz CT molecular complexity index is 699. The quantitative estimate of drug-likeness (QED) is 0.671. The van der Waals surface area contributed by atoms with Gasteiger partial charge in [0, 0.05) is 34.4 Å². The molecule has 0 saturated heterocycles. The standard InChI is InChI=1S/C14H14N4O/c1-9(12-7-16-17-8-12)18-14(19)11-2-3-13-10(6-11)4-5-15-13/h2-9,15H,1H3,(H,16,17)(H,18,19). The SMILES string of the molecule is CC(NC(=O)c1ccc2[nH]ccc2c1)c1cn[nH]c1. The number of hydrogen-bond acceptors (Lipinski definition) is 2. The van der Waals surface area contributed by atoms with E-state index in [1.165, 1.54) is 0 Å². The van der Waals surface area contributed by atoms with E-state index < -0.39 is 0 Å². The maximum absolute atomic E-state index is 12.2. The summed E-state index contributed by atoms with van der Waals surface area (Å²) >= 11 is 0. The van der Waals surface area contributed by atoms with Crippen molar-refractivity contribution >= 4 is 16.8 Å². The maximum atomic E-state index is 12.2. The van der Waals surface area contributed by atoms with Gasteiger partial charge in [-0.05, 0) is 31.2 Å². The van der Waals surface area contributed by atoms with Gasteiger partial charge in [0.05, 0.1) is 12.2 Å². The second-order valence-corrected chi connectivity index (χ2v) is 4.51. The van der Waals surface area contributed by atoms with Crippen LogP contribution in [0.4, 0.5) is 0 Å². The Balaban J connectivity index is 1.79. The van der Waals surface area contributed by atoms with Crippen LogP contribution in [0.3, 0.4) is 0 Å². The van der Waals surface area contributed by atoms with E-state index in [1.54, 1.807) is 12.4 Å². The molecule has 0 aliphatic heterocycles. The van der Waals surface area contributed by atoms with Gasteiger partial charge >= 0.3 is 0 Å². The van der Waals surface area contributed by atoms with E-state index in [0.717, 1.165) is 16.5 Å². The third-order valence-corrected chi connectivity index (χ3v) is 3.18. The minimum Gasteiger partial charge on any atom is -0.361 e. The van der Waals surface area contributed by atoms with Gasteiger partial charge in [0.2, 0.25) is 0 Å². The second kappa shape index (κ2) is 4.61. The molecule has 0 spiro atoms. The van der Waals surface area contributed by atoms with Gasteiger partial charge in [0.25, 0.3) is 5.91 Å². The van der Waals surface area contributed by atoms with E-state index in [9.17, 15) is 4.79 Å². The number of rotatable bonds is 3. The first kappa shape index (κ1) is 11.5. The number of amides is 1. The molecule has 1 aromatic carbocycles. The molecule has 0 bridgehead atoms. The first-order chi connectivity index (χ1) is 9.24. The second-order valence-electron chi connectivity index (χ2n) is 4.51. The minimum absolute atomic E-state index is 0.0758. The molecule has 96 valence electrons. The molecule has 0 radical (unpaired) electrons. The molecule has 1 amide bonds. The number of fused-ring (bicyclic) bond motifs is 1. The topological polar surface area (TPSA) is 73.6 Å². The monoisotopic (exact) mass is 254 g/mol. The van der Waals surface area contributed by atoms with E-state index in [0.29, 0.717) is 5.56 Å². The summed E-state index contributed by atoms with van der Waals surface area (Å²) in [5.41, 5.74) is 2.64. The van der Waals surface area contributed by atoms with Crippen molar-refractivity contribution in [1.82, 2.24) is 20.5 Å². The van der Waals surface area contributed by atoms with Gasteiger partial charge in [-0.3, -0.25) is 9.89 Å². The number of nitrogens with one attached hydrogen (secondary N) is 3. The zero-order valence-corrected chi connectivity index (χ0v) is 10.5. The largest absolute Gasteiger partial charge is 0.361 e. The number of H-pyrrole nitrogens is 2. The average Bonchev–Trinajstić information content (AvgIpc) is 3.09. The molecule has 0 saturated carbocycles. The highest BCUT2D eigenvalue weighted by molar-refractivity contribution is 5.98. The van der Waals surface area contributed by atoms with E-state index in [4.69, 9.17) is 0 Å². The van der Waals surface area contributed by atoms with E-state index in [2.05, 4.69) is 20.5 Å². The smallest absolute Gasteiger partial charge is 0.251 e. The van der Waals surface area contributed by atoms with Crippen LogP contribution in [-0.4, -0.2) is 21.1 Å². The van der Waals surface area contributed by atoms with Gasteiger partial charge in [0.1, 0.15) is 0 Å². The molecular formula is C14H14N4O. The lowest BCUT2D eigenvalue weighted by atomic mass is 10.1. The number of aromatic amines is 2. The van der Waals surface area contributed by atoms with Crippen molar-refractivity contribution < 1.29 is 4.79 Å². The van der Waals surface area contributed by atoms with Crippen LogP contribution in [0.25, 0.3) is 10.9 Å². The Hall–Kier alpha value is -2.56.